The van der Waals surface area contributed by atoms with Crippen molar-refractivity contribution >= 4 is 17.3 Å². The highest BCUT2D eigenvalue weighted by molar-refractivity contribution is 6.31. The largest absolute Gasteiger partial charge is 0.351 e. The molecular weight excluding hydrogens is 288 g/mol. The van der Waals surface area contributed by atoms with E-state index in [1.165, 1.54) is 0 Å². The molecule has 0 spiro atoms. The fourth-order valence-corrected chi connectivity index (χ4v) is 2.10. The number of aliphatic imine (C=N–C) groups is 1. The summed E-state index contributed by atoms with van der Waals surface area (Å²) >= 11 is 6.04. The van der Waals surface area contributed by atoms with Gasteiger partial charge in [0.15, 0.2) is 6.29 Å². The predicted molar refractivity (Wildman–Crippen MR) is 84.9 cm³/mol. The van der Waals surface area contributed by atoms with Crippen molar-refractivity contribution < 1.29 is 9.47 Å². The number of halogens is 1. The topological polar surface area (TPSA) is 54.6 Å². The van der Waals surface area contributed by atoms with Gasteiger partial charge in [0.05, 0.1) is 24.7 Å². The van der Waals surface area contributed by atoms with Gasteiger partial charge in [-0.05, 0) is 38.5 Å². The Hall–Kier alpha value is -1.41. The molecule has 0 bridgehead atoms. The number of benzene rings is 1. The van der Waals surface area contributed by atoms with Gasteiger partial charge in [0.25, 0.3) is 0 Å². The third-order valence-electron chi connectivity index (χ3n) is 2.89. The molecule has 1 aromatic carbocycles. The molecule has 0 amide bonds. The molecule has 0 aliphatic carbocycles. The molecule has 0 fully saturated rings. The number of rotatable bonds is 8. The molecule has 1 rings (SSSR count). The van der Waals surface area contributed by atoms with E-state index >= 15 is 0 Å². The summed E-state index contributed by atoms with van der Waals surface area (Å²) in [5.74, 6) is 0. The van der Waals surface area contributed by atoms with E-state index in [1.54, 1.807) is 0 Å². The Kier molecular flexibility index (Phi) is 7.99. The van der Waals surface area contributed by atoms with Crippen molar-refractivity contribution in [3.8, 4) is 6.07 Å². The number of ether oxygens (including phenoxy) is 2. The third-order valence-corrected chi connectivity index (χ3v) is 3.13. The van der Waals surface area contributed by atoms with Crippen LogP contribution >= 0.6 is 11.6 Å². The molecule has 0 saturated carbocycles. The molecule has 1 aromatic rings. The maximum Gasteiger partial charge on any atom is 0.176 e. The molecule has 0 atom stereocenters. The summed E-state index contributed by atoms with van der Waals surface area (Å²) in [7, 11) is 0. The van der Waals surface area contributed by atoms with Crippen LogP contribution in [0.1, 0.15) is 31.4 Å². The van der Waals surface area contributed by atoms with Crippen LogP contribution in [0.2, 0.25) is 5.02 Å². The van der Waals surface area contributed by atoms with Gasteiger partial charge in [-0.1, -0.05) is 17.7 Å². The molecule has 0 aliphatic heterocycles. The summed E-state index contributed by atoms with van der Waals surface area (Å²) in [5, 5.41) is 9.64. The molecule has 21 heavy (non-hydrogen) atoms. The minimum absolute atomic E-state index is 0.228. The average Bonchev–Trinajstić information content (AvgIpc) is 2.46. The van der Waals surface area contributed by atoms with Gasteiger partial charge < -0.3 is 9.47 Å². The van der Waals surface area contributed by atoms with Gasteiger partial charge in [-0.3, -0.25) is 4.99 Å². The Balaban J connectivity index is 2.97. The van der Waals surface area contributed by atoms with E-state index in [0.717, 1.165) is 11.1 Å². The van der Waals surface area contributed by atoms with E-state index in [0.29, 0.717) is 30.5 Å². The monoisotopic (exact) mass is 308 g/mol. The second-order valence-electron chi connectivity index (χ2n) is 4.42. The highest BCUT2D eigenvalue weighted by Crippen LogP contribution is 2.18. The molecule has 0 aromatic heterocycles. The highest BCUT2D eigenvalue weighted by Gasteiger charge is 2.11. The van der Waals surface area contributed by atoms with E-state index < -0.39 is 0 Å². The molecule has 0 radical (unpaired) electrons. The molecule has 0 heterocycles. The Morgan fingerprint density at radius 3 is 2.57 bits per heavy atom. The molecule has 0 saturated heterocycles. The van der Waals surface area contributed by atoms with Crippen molar-refractivity contribution in [2.75, 3.05) is 19.8 Å². The number of aryl methyl sites for hydroxylation is 1. The minimum atomic E-state index is -0.381. The van der Waals surface area contributed by atoms with Crippen LogP contribution in [0, 0.1) is 18.3 Å². The number of nitriles is 1. The van der Waals surface area contributed by atoms with Crippen LogP contribution < -0.4 is 0 Å². The van der Waals surface area contributed by atoms with Crippen LogP contribution in [0.25, 0.3) is 0 Å². The fraction of sp³-hybridized carbons (Fsp3) is 0.500. The molecule has 0 N–H and O–H groups in total. The molecule has 114 valence electrons. The first kappa shape index (κ1) is 17.6. The Bertz CT molecular complexity index is 517. The minimum Gasteiger partial charge on any atom is -0.351 e. The van der Waals surface area contributed by atoms with E-state index in [1.807, 2.05) is 39.0 Å². The zero-order valence-electron chi connectivity index (χ0n) is 12.7. The van der Waals surface area contributed by atoms with Gasteiger partial charge in [0.2, 0.25) is 0 Å². The molecule has 0 aliphatic rings. The highest BCUT2D eigenvalue weighted by atomic mass is 35.5. The van der Waals surface area contributed by atoms with Gasteiger partial charge in [-0.15, -0.1) is 0 Å². The lowest BCUT2D eigenvalue weighted by Crippen LogP contribution is -2.21. The van der Waals surface area contributed by atoms with Gasteiger partial charge in [-0.25, -0.2) is 0 Å². The van der Waals surface area contributed by atoms with Crippen LogP contribution in [0.5, 0.6) is 0 Å². The number of nitrogens with zero attached hydrogens (tertiary/aromatic N) is 2. The van der Waals surface area contributed by atoms with Crippen molar-refractivity contribution in [3.63, 3.8) is 0 Å². The van der Waals surface area contributed by atoms with E-state index in [9.17, 15) is 0 Å². The normalized spacial score (nSPS) is 11.7. The van der Waals surface area contributed by atoms with Gasteiger partial charge in [-0.2, -0.15) is 5.26 Å². The first-order valence-corrected chi connectivity index (χ1v) is 7.40. The van der Waals surface area contributed by atoms with Crippen molar-refractivity contribution in [2.45, 2.75) is 33.5 Å². The lowest BCUT2D eigenvalue weighted by Gasteiger charge is -2.15. The molecule has 4 nitrogen and oxygen atoms in total. The number of hydrogen-bond acceptors (Lipinski definition) is 4. The zero-order valence-corrected chi connectivity index (χ0v) is 13.5. The quantitative estimate of drug-likeness (QED) is 0.543. The predicted octanol–water partition coefficient (Wildman–Crippen LogP) is 3.75. The molecule has 5 heteroatoms. The molecule has 0 unspecified atom stereocenters. The maximum atomic E-state index is 9.00. The fourth-order valence-electron chi connectivity index (χ4n) is 1.93. The van der Waals surface area contributed by atoms with Crippen LogP contribution in [0.15, 0.2) is 23.2 Å². The van der Waals surface area contributed by atoms with Gasteiger partial charge in [0.1, 0.15) is 0 Å². The van der Waals surface area contributed by atoms with E-state index in [-0.39, 0.29) is 12.7 Å². The average molecular weight is 309 g/mol. The van der Waals surface area contributed by atoms with Crippen LogP contribution in [-0.4, -0.2) is 31.8 Å². The maximum absolute atomic E-state index is 9.00. The smallest absolute Gasteiger partial charge is 0.176 e. The lowest BCUT2D eigenvalue weighted by molar-refractivity contribution is -0.128. The van der Waals surface area contributed by atoms with Gasteiger partial charge >= 0.3 is 0 Å². The van der Waals surface area contributed by atoms with Crippen molar-refractivity contribution in [3.05, 3.63) is 34.3 Å². The summed E-state index contributed by atoms with van der Waals surface area (Å²) in [6.45, 7) is 7.28. The second-order valence-corrected chi connectivity index (χ2v) is 4.86. The first-order valence-electron chi connectivity index (χ1n) is 7.02. The third kappa shape index (κ3) is 5.84. The summed E-state index contributed by atoms with van der Waals surface area (Å²) in [6.07, 6.45) is -0.153. The zero-order chi connectivity index (χ0) is 15.7. The van der Waals surface area contributed by atoms with Gasteiger partial charge in [0, 0.05) is 23.8 Å². The first-order chi connectivity index (χ1) is 10.1. The Morgan fingerprint density at radius 1 is 1.33 bits per heavy atom. The van der Waals surface area contributed by atoms with E-state index in [2.05, 4.69) is 11.1 Å². The summed E-state index contributed by atoms with van der Waals surface area (Å²) < 4.78 is 10.9. The number of hydrogen-bond donors (Lipinski definition) is 0. The van der Waals surface area contributed by atoms with Crippen molar-refractivity contribution in [1.29, 1.82) is 5.26 Å². The SMILES string of the molecule is CCOC(CN=C(CC#N)c1cc(Cl)ccc1C)OCC. The van der Waals surface area contributed by atoms with Crippen molar-refractivity contribution in [1.82, 2.24) is 0 Å². The molecular formula is C16H21ClN2O2. The Morgan fingerprint density at radius 2 is 2.00 bits per heavy atom. The van der Waals surface area contributed by atoms with Crippen molar-refractivity contribution in [2.24, 2.45) is 4.99 Å². The van der Waals surface area contributed by atoms with Crippen LogP contribution in [0.3, 0.4) is 0 Å². The second kappa shape index (κ2) is 9.51. The van der Waals surface area contributed by atoms with Crippen LogP contribution in [-0.2, 0) is 9.47 Å². The van der Waals surface area contributed by atoms with Crippen LogP contribution in [0.4, 0.5) is 0 Å². The lowest BCUT2D eigenvalue weighted by atomic mass is 10.0. The summed E-state index contributed by atoms with van der Waals surface area (Å²) in [6, 6.07) is 7.73. The summed E-state index contributed by atoms with van der Waals surface area (Å²) in [4.78, 5) is 4.51. The standard InChI is InChI=1S/C16H21ClN2O2/c1-4-20-16(21-5-2)11-19-15(8-9-18)14-10-13(17)7-6-12(14)3/h6-7,10,16H,4-5,8,11H2,1-3H3. The summed E-state index contributed by atoms with van der Waals surface area (Å²) in [5.41, 5.74) is 2.65. The Labute approximate surface area is 131 Å². The van der Waals surface area contributed by atoms with E-state index in [4.69, 9.17) is 26.3 Å².